The smallest absolute Gasteiger partial charge is 0.350 e. The summed E-state index contributed by atoms with van der Waals surface area (Å²) in [6.45, 7) is 8.29. The van der Waals surface area contributed by atoms with Crippen LogP contribution in [0.25, 0.3) is 5.69 Å². The van der Waals surface area contributed by atoms with E-state index in [1.165, 1.54) is 0 Å². The minimum Gasteiger partial charge on any atom is -0.491 e. The van der Waals surface area contributed by atoms with Crippen LogP contribution in [0.2, 0.25) is 10.0 Å². The third kappa shape index (κ3) is 7.25. The number of piperazine rings is 1. The summed E-state index contributed by atoms with van der Waals surface area (Å²) in [4.78, 5) is 21.8. The van der Waals surface area contributed by atoms with Crippen LogP contribution in [0, 0.1) is 0 Å². The number of ether oxygens (including phenoxy) is 3. The van der Waals surface area contributed by atoms with Crippen LogP contribution in [-0.4, -0.2) is 64.8 Å². The van der Waals surface area contributed by atoms with E-state index in [2.05, 4.69) is 44.1 Å². The summed E-state index contributed by atoms with van der Waals surface area (Å²) in [5.41, 5.74) is 4.68. The molecule has 0 bridgehead atoms. The SMILES string of the molecule is CCC(C)n1ncn(-c2ccc(N3CCN(c4ccc(OC[C@@H]5CO[C@@](Cc6cccnc6)(c6ccc(Cl)cc6Cl)O5)cc4)CC3)cc2)c1=O. The van der Waals surface area contributed by atoms with Crippen molar-refractivity contribution in [1.29, 1.82) is 0 Å². The molecule has 2 saturated heterocycles. The van der Waals surface area contributed by atoms with Gasteiger partial charge in [-0.3, -0.25) is 4.98 Å². The molecular formula is C38H40Cl2N6O4. The molecule has 3 aromatic carbocycles. The molecule has 2 fully saturated rings. The second kappa shape index (κ2) is 14.9. The first kappa shape index (κ1) is 34.1. The average molecular weight is 716 g/mol. The maximum absolute atomic E-state index is 12.8. The molecule has 1 unspecified atom stereocenters. The fourth-order valence-corrected chi connectivity index (χ4v) is 7.06. The first-order chi connectivity index (χ1) is 24.3. The molecule has 5 aromatic rings. The van der Waals surface area contributed by atoms with Gasteiger partial charge in [0.15, 0.2) is 0 Å². The Labute approximate surface area is 301 Å². The fraction of sp³-hybridized carbons (Fsp3) is 0.342. The van der Waals surface area contributed by atoms with Crippen molar-refractivity contribution < 1.29 is 14.2 Å². The lowest BCUT2D eigenvalue weighted by atomic mass is 9.98. The first-order valence-electron chi connectivity index (χ1n) is 17.0. The molecule has 3 atom stereocenters. The van der Waals surface area contributed by atoms with Gasteiger partial charge < -0.3 is 24.0 Å². The zero-order chi connectivity index (χ0) is 34.7. The van der Waals surface area contributed by atoms with E-state index in [9.17, 15) is 4.79 Å². The number of hydrogen-bond acceptors (Lipinski definition) is 8. The Bertz CT molecular complexity index is 1950. The van der Waals surface area contributed by atoms with E-state index in [-0.39, 0.29) is 17.8 Å². The summed E-state index contributed by atoms with van der Waals surface area (Å²) in [7, 11) is 0. The predicted molar refractivity (Wildman–Crippen MR) is 196 cm³/mol. The molecule has 0 radical (unpaired) electrons. The Hall–Kier alpha value is -4.35. The maximum Gasteiger partial charge on any atom is 0.350 e. The maximum atomic E-state index is 12.8. The van der Waals surface area contributed by atoms with Crippen molar-refractivity contribution in [2.45, 2.75) is 44.6 Å². The second-order valence-electron chi connectivity index (χ2n) is 12.7. The van der Waals surface area contributed by atoms with Gasteiger partial charge in [0, 0.05) is 67.0 Å². The zero-order valence-corrected chi connectivity index (χ0v) is 29.6. The predicted octanol–water partition coefficient (Wildman–Crippen LogP) is 6.92. The third-order valence-corrected chi connectivity index (χ3v) is 10.0. The number of pyridine rings is 1. The van der Waals surface area contributed by atoms with Gasteiger partial charge >= 0.3 is 5.69 Å². The summed E-state index contributed by atoms with van der Waals surface area (Å²) >= 11 is 12.8. The van der Waals surface area contributed by atoms with Crippen LogP contribution in [0.4, 0.5) is 11.4 Å². The lowest BCUT2D eigenvalue weighted by Crippen LogP contribution is -2.46. The Balaban J connectivity index is 0.930. The van der Waals surface area contributed by atoms with Crippen LogP contribution >= 0.6 is 23.2 Å². The largest absolute Gasteiger partial charge is 0.491 e. The molecule has 0 amide bonds. The number of anilines is 2. The monoisotopic (exact) mass is 714 g/mol. The van der Waals surface area contributed by atoms with E-state index < -0.39 is 5.79 Å². The Morgan fingerprint density at radius 1 is 0.940 bits per heavy atom. The molecule has 0 aliphatic carbocycles. The average Bonchev–Trinajstić information content (AvgIpc) is 3.74. The summed E-state index contributed by atoms with van der Waals surface area (Å²) < 4.78 is 22.2. The number of benzene rings is 3. The second-order valence-corrected chi connectivity index (χ2v) is 13.6. The molecule has 4 heterocycles. The van der Waals surface area contributed by atoms with E-state index in [4.69, 9.17) is 37.4 Å². The van der Waals surface area contributed by atoms with Crippen molar-refractivity contribution in [3.63, 3.8) is 0 Å². The number of nitrogens with zero attached hydrogens (tertiary/aromatic N) is 6. The summed E-state index contributed by atoms with van der Waals surface area (Å²) in [6, 6.07) is 25.6. The minimum atomic E-state index is -1.08. The Morgan fingerprint density at radius 2 is 1.62 bits per heavy atom. The van der Waals surface area contributed by atoms with Gasteiger partial charge in [-0.15, -0.1) is 0 Å². The number of halogens is 2. The van der Waals surface area contributed by atoms with Crippen LogP contribution in [0.3, 0.4) is 0 Å². The number of aromatic nitrogens is 4. The molecule has 0 saturated carbocycles. The van der Waals surface area contributed by atoms with Crippen LogP contribution in [-0.2, 0) is 21.7 Å². The van der Waals surface area contributed by atoms with Gasteiger partial charge in [-0.05, 0) is 85.6 Å². The van der Waals surface area contributed by atoms with Gasteiger partial charge in [0.1, 0.15) is 24.8 Å². The molecule has 7 rings (SSSR count). The van der Waals surface area contributed by atoms with Gasteiger partial charge in [-0.2, -0.15) is 5.10 Å². The van der Waals surface area contributed by atoms with Crippen LogP contribution in [0.15, 0.2) is 102 Å². The van der Waals surface area contributed by atoms with E-state index in [1.807, 2.05) is 56.3 Å². The van der Waals surface area contributed by atoms with Crippen LogP contribution < -0.4 is 20.2 Å². The van der Waals surface area contributed by atoms with Crippen molar-refractivity contribution in [1.82, 2.24) is 19.3 Å². The summed E-state index contributed by atoms with van der Waals surface area (Å²) in [6.07, 6.45) is 6.13. The minimum absolute atomic E-state index is 0.0659. The highest BCUT2D eigenvalue weighted by atomic mass is 35.5. The van der Waals surface area contributed by atoms with E-state index in [0.717, 1.165) is 66.5 Å². The van der Waals surface area contributed by atoms with Crippen molar-refractivity contribution >= 4 is 34.6 Å². The quantitative estimate of drug-likeness (QED) is 0.146. The first-order valence-corrected chi connectivity index (χ1v) is 17.7. The molecular weight excluding hydrogens is 675 g/mol. The van der Waals surface area contributed by atoms with Crippen molar-refractivity contribution in [2.24, 2.45) is 0 Å². The lowest BCUT2D eigenvalue weighted by molar-refractivity contribution is -0.178. The molecule has 2 aromatic heterocycles. The van der Waals surface area contributed by atoms with Gasteiger partial charge in [-0.25, -0.2) is 14.0 Å². The standard InChI is InChI=1S/C38H40Cl2N6O4/c1-3-27(2)46-37(47)45(26-42-46)32-9-7-30(8-10-32)43-17-19-44(20-18-43)31-11-13-33(14-12-31)48-24-34-25-49-38(50-34,22-28-5-4-16-41-23-28)35-15-6-29(39)21-36(35)40/h4-16,21,23,26-27,34H,3,17-20,22,24-25H2,1-2H3/t27?,34-,38-/m1/s1. The summed E-state index contributed by atoms with van der Waals surface area (Å²) in [5.74, 6) is -0.317. The molecule has 0 N–H and O–H groups in total. The topological polar surface area (TPSA) is 86.9 Å². The van der Waals surface area contributed by atoms with Crippen LogP contribution in [0.1, 0.15) is 37.4 Å². The Morgan fingerprint density at radius 3 is 2.26 bits per heavy atom. The van der Waals surface area contributed by atoms with Gasteiger partial charge in [-0.1, -0.05) is 42.3 Å². The zero-order valence-electron chi connectivity index (χ0n) is 28.1. The van der Waals surface area contributed by atoms with Crippen molar-refractivity contribution in [3.05, 3.63) is 129 Å². The fourth-order valence-electron chi connectivity index (χ4n) is 6.50. The molecule has 10 nitrogen and oxygen atoms in total. The van der Waals surface area contributed by atoms with Gasteiger partial charge in [0.05, 0.1) is 23.4 Å². The summed E-state index contributed by atoms with van der Waals surface area (Å²) in [5, 5.41) is 5.33. The van der Waals surface area contributed by atoms with Gasteiger partial charge in [0.2, 0.25) is 5.79 Å². The highest BCUT2D eigenvalue weighted by molar-refractivity contribution is 6.35. The van der Waals surface area contributed by atoms with Gasteiger partial charge in [0.25, 0.3) is 0 Å². The van der Waals surface area contributed by atoms with Crippen LogP contribution in [0.5, 0.6) is 5.75 Å². The molecule has 2 aliphatic rings. The normalized spacial score (nSPS) is 19.9. The van der Waals surface area contributed by atoms with E-state index >= 15 is 0 Å². The Kier molecular flexibility index (Phi) is 10.1. The number of rotatable bonds is 11. The molecule has 0 spiro atoms. The highest BCUT2D eigenvalue weighted by Gasteiger charge is 2.45. The molecule has 50 heavy (non-hydrogen) atoms. The molecule has 12 heteroatoms. The highest BCUT2D eigenvalue weighted by Crippen LogP contribution is 2.41. The third-order valence-electron chi connectivity index (χ3n) is 9.47. The molecule has 2 aliphatic heterocycles. The van der Waals surface area contributed by atoms with Crippen molar-refractivity contribution in [3.8, 4) is 11.4 Å². The molecule has 260 valence electrons. The lowest BCUT2D eigenvalue weighted by Gasteiger charge is -2.37. The van der Waals surface area contributed by atoms with Crippen molar-refractivity contribution in [2.75, 3.05) is 49.2 Å². The van der Waals surface area contributed by atoms with E-state index in [0.29, 0.717) is 29.7 Å². The number of hydrogen-bond donors (Lipinski definition) is 0. The van der Waals surface area contributed by atoms with E-state index in [1.54, 1.807) is 40.1 Å².